The van der Waals surface area contributed by atoms with Gasteiger partial charge in [-0.3, -0.25) is 28.2 Å². The van der Waals surface area contributed by atoms with Crippen LogP contribution in [0.4, 0.5) is 28.2 Å². The Hall–Kier alpha value is 0.840. The van der Waals surface area contributed by atoms with E-state index in [2.05, 4.69) is 0 Å². The molecule has 7 heavy (non-hydrogen) atoms. The summed E-state index contributed by atoms with van der Waals surface area (Å²) in [4.78, 5) is 0. The SMILES string of the molecule is F.F.F.F.F.F.[Ar]. The normalized spacial score (nSPS) is 0. The van der Waals surface area contributed by atoms with Crippen LogP contribution in [0.25, 0.3) is 0 Å². The molecular formula is H6ArF6. The maximum Gasteiger partial charge on any atom is 0 e. The van der Waals surface area contributed by atoms with E-state index in [-0.39, 0.29) is 66.0 Å². The van der Waals surface area contributed by atoms with Gasteiger partial charge in [-0.15, -0.1) is 0 Å². The summed E-state index contributed by atoms with van der Waals surface area (Å²) in [6.45, 7) is 0. The molecule has 0 atom stereocenters. The van der Waals surface area contributed by atoms with Gasteiger partial charge in [0.05, 0.1) is 0 Å². The monoisotopic (exact) mass is 160 g/mol. The fourth-order valence-corrected chi connectivity index (χ4v) is 0. The van der Waals surface area contributed by atoms with Gasteiger partial charge in [0.2, 0.25) is 0 Å². The second kappa shape index (κ2) is 331. The molecule has 0 nitrogen and oxygen atoms in total. The van der Waals surface area contributed by atoms with Crippen molar-refractivity contribution in [2.24, 2.45) is 0 Å². The van der Waals surface area contributed by atoms with Crippen LogP contribution in [0.5, 0.6) is 0 Å². The van der Waals surface area contributed by atoms with Crippen molar-refractivity contribution >= 4 is 0 Å². The van der Waals surface area contributed by atoms with Crippen LogP contribution in [0.1, 0.15) is 0 Å². The van der Waals surface area contributed by atoms with Crippen LogP contribution in [0.3, 0.4) is 0 Å². The first-order valence-corrected chi connectivity index (χ1v) is 0. The van der Waals surface area contributed by atoms with Gasteiger partial charge >= 0.3 is 0 Å². The first kappa shape index (κ1) is 520. The molecule has 0 radical (unpaired) electrons. The van der Waals surface area contributed by atoms with Crippen molar-refractivity contribution in [2.75, 3.05) is 0 Å². The average Bonchev–Trinajstić information content (AvgIpc) is 0. The molecule has 0 bridgehead atoms. The van der Waals surface area contributed by atoms with Crippen molar-refractivity contribution in [3.8, 4) is 0 Å². The van der Waals surface area contributed by atoms with Crippen molar-refractivity contribution < 1.29 is 66.0 Å². The average molecular weight is 160 g/mol. The van der Waals surface area contributed by atoms with Gasteiger partial charge in [0.1, 0.15) is 0 Å². The summed E-state index contributed by atoms with van der Waals surface area (Å²) in [5, 5.41) is 0. The molecular weight excluding hydrogens is 154 g/mol. The first-order valence-electron chi connectivity index (χ1n) is 0. The number of rotatable bonds is 0. The minimum Gasteiger partial charge on any atom is -0.269 e. The second-order valence-electron chi connectivity index (χ2n) is 0. The third-order valence-electron chi connectivity index (χ3n) is 0. The van der Waals surface area contributed by atoms with Gasteiger partial charge in [-0.05, 0) is 0 Å². The van der Waals surface area contributed by atoms with Gasteiger partial charge in [-0.2, -0.15) is 0 Å². The summed E-state index contributed by atoms with van der Waals surface area (Å²) >= 11 is 0. The predicted octanol–water partition coefficient (Wildman–Crippen LogP) is 0.915. The van der Waals surface area contributed by atoms with E-state index in [0.29, 0.717) is 0 Å². The molecule has 0 aliphatic carbocycles. The number of halogens is 6. The Balaban J connectivity index is 0. The molecule has 0 amide bonds. The van der Waals surface area contributed by atoms with Crippen molar-refractivity contribution in [1.29, 1.82) is 0 Å². The van der Waals surface area contributed by atoms with Crippen molar-refractivity contribution in [3.05, 3.63) is 0 Å². The zero-order valence-electron chi connectivity index (χ0n) is 2.80. The van der Waals surface area contributed by atoms with Crippen LogP contribution >= 0.6 is 0 Å². The molecule has 0 saturated heterocycles. The van der Waals surface area contributed by atoms with E-state index in [1.807, 2.05) is 0 Å². The topological polar surface area (TPSA) is 0 Å². The molecule has 0 aliphatic rings. The van der Waals surface area contributed by atoms with Gasteiger partial charge in [0.25, 0.3) is 0 Å². The Morgan fingerprint density at radius 2 is 0.286 bits per heavy atom. The van der Waals surface area contributed by atoms with E-state index in [1.165, 1.54) is 0 Å². The standard InChI is InChI=1S/Ar.6FH/h;6*1H. The summed E-state index contributed by atoms with van der Waals surface area (Å²) in [6.07, 6.45) is 0. The molecule has 56 valence electrons. The fraction of sp³-hybridized carbons (Fsp3) is 0. The Kier molecular flexibility index (Phi) is 24600. The van der Waals surface area contributed by atoms with Crippen molar-refractivity contribution in [1.82, 2.24) is 0 Å². The van der Waals surface area contributed by atoms with Crippen molar-refractivity contribution in [3.63, 3.8) is 0 Å². The Bertz CT molecular complexity index is 4.14. The van der Waals surface area contributed by atoms with E-state index in [1.54, 1.807) is 0 Å². The fourth-order valence-electron chi connectivity index (χ4n) is 0. The van der Waals surface area contributed by atoms with E-state index < -0.39 is 0 Å². The third-order valence-corrected chi connectivity index (χ3v) is 0. The molecule has 0 spiro atoms. The zero-order chi connectivity index (χ0) is 0. The first-order chi connectivity index (χ1) is 0. The summed E-state index contributed by atoms with van der Waals surface area (Å²) in [6, 6.07) is 0. The number of hydrogen-bond acceptors (Lipinski definition) is 0. The van der Waals surface area contributed by atoms with Crippen LogP contribution in [-0.2, 0) is 0 Å². The molecule has 7 heteroatoms. The van der Waals surface area contributed by atoms with E-state index in [4.69, 9.17) is 0 Å². The Morgan fingerprint density at radius 3 is 0.286 bits per heavy atom. The molecule has 0 aromatic rings. The maximum atomic E-state index is 0. The van der Waals surface area contributed by atoms with Crippen LogP contribution in [0.15, 0.2) is 0 Å². The van der Waals surface area contributed by atoms with Crippen LogP contribution < -0.4 is 0 Å². The molecule has 0 aliphatic heterocycles. The molecule has 0 aromatic carbocycles. The predicted molar refractivity (Wildman–Crippen MR) is 15.0 cm³/mol. The Labute approximate surface area is 65.9 Å². The van der Waals surface area contributed by atoms with E-state index in [0.717, 1.165) is 0 Å². The molecule has 0 unspecified atom stereocenters. The molecule has 0 aromatic heterocycles. The smallest absolute Gasteiger partial charge is 0 e. The molecule has 0 saturated carbocycles. The minimum absolute atomic E-state index is 0. The second-order valence-corrected chi connectivity index (χ2v) is 0. The van der Waals surface area contributed by atoms with Gasteiger partial charge in [0, 0.05) is 37.7 Å². The van der Waals surface area contributed by atoms with Crippen molar-refractivity contribution in [2.45, 2.75) is 0 Å². The maximum absolute atomic E-state index is 0. The summed E-state index contributed by atoms with van der Waals surface area (Å²) in [5.74, 6) is 0. The van der Waals surface area contributed by atoms with Gasteiger partial charge < -0.3 is 0 Å². The van der Waals surface area contributed by atoms with Crippen LogP contribution in [0.2, 0.25) is 0 Å². The molecule has 0 rings (SSSR count). The largest absolute Gasteiger partial charge is 0.269 e. The molecule has 0 heterocycles. The molecule has 0 fully saturated rings. The quantitative estimate of drug-likeness (QED) is 0.462. The summed E-state index contributed by atoms with van der Waals surface area (Å²) in [7, 11) is 0. The minimum atomic E-state index is 0. The third kappa shape index (κ3) is 227. The molecule has 0 N–H and O–H groups in total. The van der Waals surface area contributed by atoms with Gasteiger partial charge in [0.15, 0.2) is 0 Å². The van der Waals surface area contributed by atoms with E-state index >= 15 is 0 Å². The Morgan fingerprint density at radius 1 is 0.286 bits per heavy atom. The number of hydrogen-bond donors (Lipinski definition) is 0. The summed E-state index contributed by atoms with van der Waals surface area (Å²) in [5.41, 5.74) is 0. The van der Waals surface area contributed by atoms with E-state index in [9.17, 15) is 0 Å². The van der Waals surface area contributed by atoms with Gasteiger partial charge in [-0.1, -0.05) is 0 Å². The van der Waals surface area contributed by atoms with Crippen LogP contribution in [-0.4, -0.2) is 0 Å². The summed E-state index contributed by atoms with van der Waals surface area (Å²) < 4.78 is 0. The van der Waals surface area contributed by atoms with Crippen LogP contribution in [0, 0.1) is 37.7 Å². The van der Waals surface area contributed by atoms with Gasteiger partial charge in [-0.25, -0.2) is 0 Å². The zero-order valence-corrected chi connectivity index (χ0v) is 3.51.